The van der Waals surface area contributed by atoms with Crippen molar-refractivity contribution in [2.75, 3.05) is 38.7 Å². The summed E-state index contributed by atoms with van der Waals surface area (Å²) in [5.41, 5.74) is 4.89. The van der Waals surface area contributed by atoms with E-state index in [4.69, 9.17) is 9.47 Å². The van der Waals surface area contributed by atoms with Crippen molar-refractivity contribution in [2.45, 2.75) is 26.8 Å². The summed E-state index contributed by atoms with van der Waals surface area (Å²) in [7, 11) is 1.72. The second-order valence-corrected chi connectivity index (χ2v) is 5.13. The molecule has 106 valence electrons. The molecule has 1 atom stereocenters. The number of hydrogen-bond donors (Lipinski definition) is 2. The van der Waals surface area contributed by atoms with Gasteiger partial charge < -0.3 is 20.1 Å². The second kappa shape index (κ2) is 6.26. The summed E-state index contributed by atoms with van der Waals surface area (Å²) < 4.78 is 10.9. The molecule has 1 saturated heterocycles. The number of benzene rings is 1. The van der Waals surface area contributed by atoms with Crippen molar-refractivity contribution < 1.29 is 9.47 Å². The average molecular weight is 264 g/mol. The van der Waals surface area contributed by atoms with E-state index in [1.54, 1.807) is 7.11 Å². The fourth-order valence-corrected chi connectivity index (χ4v) is 2.51. The first kappa shape index (κ1) is 14.2. The number of aryl methyl sites for hydroxylation is 1. The lowest BCUT2D eigenvalue weighted by Crippen LogP contribution is -2.45. The third-order valence-electron chi connectivity index (χ3n) is 3.79. The molecule has 1 heterocycles. The Bertz CT molecular complexity index is 440. The third kappa shape index (κ3) is 3.19. The van der Waals surface area contributed by atoms with Crippen LogP contribution in [-0.2, 0) is 4.74 Å². The lowest BCUT2D eigenvalue weighted by atomic mass is 10.0. The van der Waals surface area contributed by atoms with Crippen LogP contribution in [-0.4, -0.2) is 39.5 Å². The quantitative estimate of drug-likeness (QED) is 0.873. The van der Waals surface area contributed by atoms with Gasteiger partial charge in [0, 0.05) is 24.8 Å². The van der Waals surface area contributed by atoms with Gasteiger partial charge in [0.1, 0.15) is 5.75 Å². The van der Waals surface area contributed by atoms with Gasteiger partial charge in [-0.3, -0.25) is 0 Å². The second-order valence-electron chi connectivity index (χ2n) is 5.13. The number of methoxy groups -OCH3 is 1. The van der Waals surface area contributed by atoms with E-state index < -0.39 is 0 Å². The summed E-state index contributed by atoms with van der Waals surface area (Å²) >= 11 is 0. The maximum atomic E-state index is 5.47. The van der Waals surface area contributed by atoms with Gasteiger partial charge in [0.2, 0.25) is 0 Å². The normalized spacial score (nSPS) is 19.3. The fraction of sp³-hybridized carbons (Fsp3) is 0.600. The molecule has 0 amide bonds. The van der Waals surface area contributed by atoms with Crippen LogP contribution in [0.3, 0.4) is 0 Å². The number of ether oxygens (including phenoxy) is 2. The number of anilines is 1. The Kier molecular flexibility index (Phi) is 4.66. The SMILES string of the molecule is COc1cc(C)c(NCC2COCCN2)c(C)c1C. The molecule has 0 radical (unpaired) electrons. The third-order valence-corrected chi connectivity index (χ3v) is 3.79. The molecule has 0 saturated carbocycles. The van der Waals surface area contributed by atoms with Crippen LogP contribution in [0.15, 0.2) is 6.07 Å². The van der Waals surface area contributed by atoms with Crippen molar-refractivity contribution in [1.29, 1.82) is 0 Å². The lowest BCUT2D eigenvalue weighted by molar-refractivity contribution is 0.0806. The van der Waals surface area contributed by atoms with E-state index in [-0.39, 0.29) is 0 Å². The molecule has 0 spiro atoms. The maximum absolute atomic E-state index is 5.47. The van der Waals surface area contributed by atoms with Crippen LogP contribution >= 0.6 is 0 Å². The van der Waals surface area contributed by atoms with E-state index in [9.17, 15) is 0 Å². The van der Waals surface area contributed by atoms with Crippen LogP contribution < -0.4 is 15.4 Å². The largest absolute Gasteiger partial charge is 0.496 e. The molecule has 4 nitrogen and oxygen atoms in total. The zero-order valence-corrected chi connectivity index (χ0v) is 12.3. The zero-order chi connectivity index (χ0) is 13.8. The molecular weight excluding hydrogens is 240 g/mol. The molecule has 19 heavy (non-hydrogen) atoms. The van der Waals surface area contributed by atoms with Crippen molar-refractivity contribution in [3.05, 3.63) is 22.8 Å². The van der Waals surface area contributed by atoms with Gasteiger partial charge in [-0.15, -0.1) is 0 Å². The molecule has 1 fully saturated rings. The van der Waals surface area contributed by atoms with Crippen molar-refractivity contribution in [2.24, 2.45) is 0 Å². The van der Waals surface area contributed by atoms with Crippen molar-refractivity contribution in [3.63, 3.8) is 0 Å². The van der Waals surface area contributed by atoms with Crippen molar-refractivity contribution >= 4 is 5.69 Å². The van der Waals surface area contributed by atoms with E-state index in [2.05, 4.69) is 37.5 Å². The first-order chi connectivity index (χ1) is 9.13. The van der Waals surface area contributed by atoms with E-state index in [1.165, 1.54) is 22.4 Å². The number of hydrogen-bond acceptors (Lipinski definition) is 4. The van der Waals surface area contributed by atoms with Crippen LogP contribution in [0.2, 0.25) is 0 Å². The predicted molar refractivity (Wildman–Crippen MR) is 78.3 cm³/mol. The van der Waals surface area contributed by atoms with Gasteiger partial charge in [-0.2, -0.15) is 0 Å². The fourth-order valence-electron chi connectivity index (χ4n) is 2.51. The highest BCUT2D eigenvalue weighted by molar-refractivity contribution is 5.63. The minimum Gasteiger partial charge on any atom is -0.496 e. The van der Waals surface area contributed by atoms with Crippen LogP contribution in [0.5, 0.6) is 5.75 Å². The van der Waals surface area contributed by atoms with Crippen LogP contribution in [0.25, 0.3) is 0 Å². The highest BCUT2D eigenvalue weighted by Crippen LogP contribution is 2.31. The maximum Gasteiger partial charge on any atom is 0.122 e. The van der Waals surface area contributed by atoms with E-state index >= 15 is 0 Å². The van der Waals surface area contributed by atoms with Crippen LogP contribution in [0.1, 0.15) is 16.7 Å². The molecule has 0 bridgehead atoms. The first-order valence-corrected chi connectivity index (χ1v) is 6.83. The molecule has 1 aliphatic rings. The molecule has 1 aromatic rings. The first-order valence-electron chi connectivity index (χ1n) is 6.83. The van der Waals surface area contributed by atoms with Gasteiger partial charge in [-0.05, 0) is 43.5 Å². The molecular formula is C15H24N2O2. The standard InChI is InChI=1S/C15H24N2O2/c1-10-7-14(18-4)11(2)12(3)15(10)17-8-13-9-19-6-5-16-13/h7,13,16-17H,5-6,8-9H2,1-4H3. The molecule has 4 heteroatoms. The van der Waals surface area contributed by atoms with E-state index in [0.29, 0.717) is 6.04 Å². The molecule has 2 N–H and O–H groups in total. The van der Waals surface area contributed by atoms with Crippen LogP contribution in [0, 0.1) is 20.8 Å². The molecule has 1 aliphatic heterocycles. The number of morpholine rings is 1. The predicted octanol–water partition coefficient (Wildman–Crippen LogP) is 2.02. The Morgan fingerprint density at radius 3 is 2.79 bits per heavy atom. The summed E-state index contributed by atoms with van der Waals surface area (Å²) in [6.07, 6.45) is 0. The monoisotopic (exact) mass is 264 g/mol. The summed E-state index contributed by atoms with van der Waals surface area (Å²) in [5, 5.41) is 7.00. The summed E-state index contributed by atoms with van der Waals surface area (Å²) in [5.74, 6) is 0.958. The minimum atomic E-state index is 0.384. The highest BCUT2D eigenvalue weighted by Gasteiger charge is 2.15. The minimum absolute atomic E-state index is 0.384. The Morgan fingerprint density at radius 2 is 2.16 bits per heavy atom. The van der Waals surface area contributed by atoms with Crippen molar-refractivity contribution in [1.82, 2.24) is 5.32 Å². The Labute approximate surface area is 115 Å². The molecule has 1 unspecified atom stereocenters. The molecule has 0 aliphatic carbocycles. The van der Waals surface area contributed by atoms with E-state index in [0.717, 1.165) is 32.1 Å². The Morgan fingerprint density at radius 1 is 1.37 bits per heavy atom. The van der Waals surface area contributed by atoms with Gasteiger partial charge in [-0.25, -0.2) is 0 Å². The topological polar surface area (TPSA) is 42.5 Å². The summed E-state index contributed by atoms with van der Waals surface area (Å²) in [4.78, 5) is 0. The lowest BCUT2D eigenvalue weighted by Gasteiger charge is -2.26. The van der Waals surface area contributed by atoms with Crippen LogP contribution in [0.4, 0.5) is 5.69 Å². The average Bonchev–Trinajstić information content (AvgIpc) is 2.44. The molecule has 0 aromatic heterocycles. The molecule has 2 rings (SSSR count). The van der Waals surface area contributed by atoms with Gasteiger partial charge in [0.25, 0.3) is 0 Å². The summed E-state index contributed by atoms with van der Waals surface area (Å²) in [6, 6.07) is 2.48. The summed E-state index contributed by atoms with van der Waals surface area (Å²) in [6.45, 7) is 9.76. The molecule has 1 aromatic carbocycles. The van der Waals surface area contributed by atoms with Gasteiger partial charge in [0.05, 0.1) is 20.3 Å². The smallest absolute Gasteiger partial charge is 0.122 e. The Balaban J connectivity index is 2.09. The highest BCUT2D eigenvalue weighted by atomic mass is 16.5. The van der Waals surface area contributed by atoms with Gasteiger partial charge >= 0.3 is 0 Å². The number of nitrogens with one attached hydrogen (secondary N) is 2. The van der Waals surface area contributed by atoms with Gasteiger partial charge in [0.15, 0.2) is 0 Å². The Hall–Kier alpha value is -1.26. The zero-order valence-electron chi connectivity index (χ0n) is 12.3. The van der Waals surface area contributed by atoms with Crippen molar-refractivity contribution in [3.8, 4) is 5.75 Å². The van der Waals surface area contributed by atoms with E-state index in [1.807, 2.05) is 0 Å². The van der Waals surface area contributed by atoms with Gasteiger partial charge in [-0.1, -0.05) is 0 Å². The number of rotatable bonds is 4.